The molecule has 42 heavy (non-hydrogen) atoms. The predicted molar refractivity (Wildman–Crippen MR) is 171 cm³/mol. The molecule has 2 aromatic rings. The largest absolute Gasteiger partial charge is 0.414 e. The smallest absolute Gasteiger partial charge is 0.335 e. The number of nitrogens with one attached hydrogen (secondary N) is 1. The van der Waals surface area contributed by atoms with Crippen molar-refractivity contribution in [1.82, 2.24) is 19.5 Å². The van der Waals surface area contributed by atoms with Crippen LogP contribution < -0.4 is 5.32 Å². The van der Waals surface area contributed by atoms with Gasteiger partial charge in [0.15, 0.2) is 25.3 Å². The molecule has 2 saturated heterocycles. The Bertz CT molecular complexity index is 1270. The molecule has 11 nitrogen and oxygen atoms in total. The van der Waals surface area contributed by atoms with E-state index in [1.54, 1.807) is 6.33 Å². The molecule has 0 unspecified atom stereocenters. The standard InChI is InChI=1S/C27H48ClN5O6Si3/c1-15(2)41(16(3)4)35-13-20-22(38-42(39-41,17(5)6)18(7)8)23(37-40(10,11)12)26(36-20)33-14-29-21-24(28)31-27(30-19(9)34)32-25(21)33/h14-18,20,22-23,26H,13H2,1-12H3,(H,30,31,32,34)/t20-,22-,23-,26-/m1/s1. The van der Waals surface area contributed by atoms with E-state index in [0.29, 0.717) is 17.8 Å². The van der Waals surface area contributed by atoms with Gasteiger partial charge in [0, 0.05) is 6.92 Å². The maximum Gasteiger partial charge on any atom is 0.335 e. The molecular weight excluding hydrogens is 610 g/mol. The van der Waals surface area contributed by atoms with Gasteiger partial charge in [0.05, 0.1) is 12.9 Å². The van der Waals surface area contributed by atoms with Gasteiger partial charge in [-0.25, -0.2) is 4.98 Å². The summed E-state index contributed by atoms with van der Waals surface area (Å²) >= 11 is 6.48. The van der Waals surface area contributed by atoms with Gasteiger partial charge in [0.2, 0.25) is 11.9 Å². The zero-order valence-corrected chi connectivity index (χ0v) is 30.8. The Morgan fingerprint density at radius 2 is 1.64 bits per heavy atom. The minimum absolute atomic E-state index is 0.0945. The third-order valence-corrected chi connectivity index (χ3v) is 19.5. The normalized spacial score (nSPS) is 26.2. The van der Waals surface area contributed by atoms with Gasteiger partial charge < -0.3 is 22.1 Å². The maximum absolute atomic E-state index is 11.8. The lowest BCUT2D eigenvalue weighted by atomic mass is 10.1. The first-order valence-corrected chi connectivity index (χ1v) is 22.7. The maximum atomic E-state index is 11.8. The number of anilines is 1. The molecule has 4 heterocycles. The Kier molecular flexibility index (Phi) is 9.83. The quantitative estimate of drug-likeness (QED) is 0.250. The minimum Gasteiger partial charge on any atom is -0.414 e. The third kappa shape index (κ3) is 6.29. The van der Waals surface area contributed by atoms with Crippen LogP contribution in [0.3, 0.4) is 0 Å². The summed E-state index contributed by atoms with van der Waals surface area (Å²) in [6.07, 6.45) is -0.315. The number of rotatable bonds is 8. The van der Waals surface area contributed by atoms with Gasteiger partial charge in [-0.1, -0.05) is 67.0 Å². The molecule has 15 heteroatoms. The van der Waals surface area contributed by atoms with Crippen molar-refractivity contribution in [3.63, 3.8) is 0 Å². The van der Waals surface area contributed by atoms with Crippen molar-refractivity contribution in [2.75, 3.05) is 11.9 Å². The first kappa shape index (κ1) is 33.6. The molecule has 0 bridgehead atoms. The predicted octanol–water partition coefficient (Wildman–Crippen LogP) is 6.51. The molecule has 1 N–H and O–H groups in total. The number of fused-ring (bicyclic) bond motifs is 2. The summed E-state index contributed by atoms with van der Waals surface area (Å²) in [5, 5.41) is 2.76. The molecule has 2 aromatic heterocycles. The second kappa shape index (κ2) is 12.3. The monoisotopic (exact) mass is 657 g/mol. The zero-order valence-electron chi connectivity index (χ0n) is 27.0. The van der Waals surface area contributed by atoms with Crippen LogP contribution in [0.25, 0.3) is 11.2 Å². The lowest BCUT2D eigenvalue weighted by Gasteiger charge is -2.51. The van der Waals surface area contributed by atoms with Crippen molar-refractivity contribution in [3.8, 4) is 0 Å². The SMILES string of the molecule is CC(=O)Nc1nc(Cl)c2ncn([C@@H]3O[C@@H]4CO[Si](C(C)C)(C(C)C)O[Si](C(C)C)(C(C)C)O[C@H]4[C@H]3O[Si](C)(C)C)c2n1. The van der Waals surface area contributed by atoms with E-state index in [0.717, 1.165) is 0 Å². The third-order valence-electron chi connectivity index (χ3n) is 8.05. The first-order chi connectivity index (χ1) is 19.4. The fourth-order valence-electron chi connectivity index (χ4n) is 6.16. The van der Waals surface area contributed by atoms with Crippen LogP contribution in [0, 0.1) is 0 Å². The van der Waals surface area contributed by atoms with Crippen molar-refractivity contribution in [3.05, 3.63) is 11.5 Å². The van der Waals surface area contributed by atoms with Crippen LogP contribution in [0.2, 0.25) is 47.0 Å². The Morgan fingerprint density at radius 1 is 1.05 bits per heavy atom. The summed E-state index contributed by atoms with van der Waals surface area (Å²) in [5.74, 6) is -0.207. The van der Waals surface area contributed by atoms with Gasteiger partial charge >= 0.3 is 17.1 Å². The molecule has 0 radical (unpaired) electrons. The minimum atomic E-state index is -2.92. The van der Waals surface area contributed by atoms with E-state index in [-0.39, 0.29) is 39.2 Å². The van der Waals surface area contributed by atoms with E-state index >= 15 is 0 Å². The van der Waals surface area contributed by atoms with E-state index in [4.69, 9.17) is 33.7 Å². The number of nitrogens with zero attached hydrogens (tertiary/aromatic N) is 4. The summed E-state index contributed by atoms with van der Waals surface area (Å²) in [4.78, 5) is 25.1. The van der Waals surface area contributed by atoms with E-state index in [2.05, 4.69) is 95.3 Å². The molecule has 236 valence electrons. The molecule has 0 aliphatic carbocycles. The molecule has 4 rings (SSSR count). The Balaban J connectivity index is 1.88. The highest BCUT2D eigenvalue weighted by Crippen LogP contribution is 2.49. The zero-order chi connectivity index (χ0) is 31.4. The van der Waals surface area contributed by atoms with Crippen LogP contribution in [0.15, 0.2) is 6.33 Å². The summed E-state index contributed by atoms with van der Waals surface area (Å²) in [5.41, 5.74) is 1.61. The summed E-state index contributed by atoms with van der Waals surface area (Å²) < 4.78 is 37.3. The molecule has 1 amide bonds. The summed E-state index contributed by atoms with van der Waals surface area (Å²) in [7, 11) is -7.79. The number of hydrogen-bond donors (Lipinski definition) is 1. The topological polar surface area (TPSA) is 119 Å². The van der Waals surface area contributed by atoms with Crippen molar-refractivity contribution < 1.29 is 26.9 Å². The summed E-state index contributed by atoms with van der Waals surface area (Å²) in [6.45, 7) is 25.8. The van der Waals surface area contributed by atoms with E-state index < -0.39 is 50.0 Å². The first-order valence-electron chi connectivity index (χ1n) is 14.9. The second-order valence-corrected chi connectivity index (χ2v) is 27.3. The fourth-order valence-corrected chi connectivity index (χ4v) is 18.7. The van der Waals surface area contributed by atoms with Crippen LogP contribution >= 0.6 is 11.6 Å². The average molecular weight is 658 g/mol. The van der Waals surface area contributed by atoms with Crippen LogP contribution in [0.1, 0.15) is 68.5 Å². The highest BCUT2D eigenvalue weighted by molar-refractivity contribution is 6.84. The fraction of sp³-hybridized carbons (Fsp3) is 0.778. The van der Waals surface area contributed by atoms with E-state index in [9.17, 15) is 4.79 Å². The molecule has 2 aliphatic heterocycles. The number of carbonyl (C=O) groups excluding carboxylic acids is 1. The van der Waals surface area contributed by atoms with Crippen molar-refractivity contribution in [2.45, 2.75) is 129 Å². The number of halogens is 1. The van der Waals surface area contributed by atoms with Crippen molar-refractivity contribution >= 4 is 60.1 Å². The van der Waals surface area contributed by atoms with E-state index in [1.165, 1.54) is 6.92 Å². The Labute approximate surface area is 258 Å². The molecule has 0 saturated carbocycles. The molecular formula is C27H48ClN5O6Si3. The number of hydrogen-bond acceptors (Lipinski definition) is 9. The molecule has 2 fully saturated rings. The number of amides is 1. The van der Waals surface area contributed by atoms with Gasteiger partial charge in [0.1, 0.15) is 23.8 Å². The number of carbonyl (C=O) groups is 1. The molecule has 0 spiro atoms. The molecule has 4 atom stereocenters. The lowest BCUT2D eigenvalue weighted by Crippen LogP contribution is -2.66. The lowest BCUT2D eigenvalue weighted by molar-refractivity contribution is -0.114. The molecule has 0 aromatic carbocycles. The van der Waals surface area contributed by atoms with E-state index in [1.807, 2.05) is 4.57 Å². The van der Waals surface area contributed by atoms with Crippen LogP contribution in [0.5, 0.6) is 0 Å². The Hall–Kier alpha value is -1.24. The van der Waals surface area contributed by atoms with Crippen LogP contribution in [-0.4, -0.2) is 75.8 Å². The van der Waals surface area contributed by atoms with Gasteiger partial charge in [-0.15, -0.1) is 0 Å². The van der Waals surface area contributed by atoms with Crippen molar-refractivity contribution in [2.24, 2.45) is 0 Å². The highest BCUT2D eigenvalue weighted by Gasteiger charge is 2.62. The average Bonchev–Trinajstić information content (AvgIpc) is 3.38. The van der Waals surface area contributed by atoms with Gasteiger partial charge in [-0.05, 0) is 41.8 Å². The summed E-state index contributed by atoms with van der Waals surface area (Å²) in [6, 6.07) is 0. The second-order valence-electron chi connectivity index (χ2n) is 13.7. The van der Waals surface area contributed by atoms with Gasteiger partial charge in [-0.2, -0.15) is 9.97 Å². The number of aromatic nitrogens is 4. The van der Waals surface area contributed by atoms with Gasteiger partial charge in [-0.3, -0.25) is 14.7 Å². The highest BCUT2D eigenvalue weighted by atomic mass is 35.5. The molecule has 2 aliphatic rings. The number of ether oxygens (including phenoxy) is 1. The van der Waals surface area contributed by atoms with Crippen LogP contribution in [-0.2, 0) is 26.9 Å². The van der Waals surface area contributed by atoms with Crippen LogP contribution in [0.4, 0.5) is 5.95 Å². The number of imidazole rings is 1. The van der Waals surface area contributed by atoms with Crippen molar-refractivity contribution in [1.29, 1.82) is 0 Å². The Morgan fingerprint density at radius 3 is 2.17 bits per heavy atom. The van der Waals surface area contributed by atoms with Gasteiger partial charge in [0.25, 0.3) is 0 Å².